The smallest absolute Gasteiger partial charge is 0.216 e. The molecular weight excluding hydrogens is 364 g/mol. The molecule has 2 aromatic carbocycles. The van der Waals surface area contributed by atoms with Crippen LogP contribution >= 0.6 is 12.2 Å². The largest absolute Gasteiger partial charge is 0.504 e. The van der Waals surface area contributed by atoms with E-state index in [0.29, 0.717) is 35.1 Å². The molecule has 3 rings (SSSR count). The lowest BCUT2D eigenvalue weighted by atomic mass is 10.2. The fourth-order valence-electron chi connectivity index (χ4n) is 2.51. The quantitative estimate of drug-likeness (QED) is 0.475. The van der Waals surface area contributed by atoms with Crippen molar-refractivity contribution in [3.05, 3.63) is 52.8 Å². The van der Waals surface area contributed by atoms with Gasteiger partial charge in [-0.3, -0.25) is 0 Å². The third-order valence-electron chi connectivity index (χ3n) is 3.70. The zero-order valence-electron chi connectivity index (χ0n) is 15.0. The highest BCUT2D eigenvalue weighted by atomic mass is 32.1. The molecule has 0 aliphatic carbocycles. The van der Waals surface area contributed by atoms with Gasteiger partial charge in [0, 0.05) is 11.1 Å². The molecule has 0 fully saturated rings. The maximum Gasteiger partial charge on any atom is 0.216 e. The van der Waals surface area contributed by atoms with Gasteiger partial charge in [-0.1, -0.05) is 18.2 Å². The van der Waals surface area contributed by atoms with Crippen molar-refractivity contribution < 1.29 is 14.6 Å². The fourth-order valence-corrected chi connectivity index (χ4v) is 2.69. The number of hydrogen-bond acceptors (Lipinski definition) is 6. The molecule has 0 radical (unpaired) electrons. The SMILES string of the molecule is CCOc1cccc(-c2n[nH]c(=S)n2/N=C/c2cccc(OCC)c2O)c1. The molecule has 0 aliphatic rings. The van der Waals surface area contributed by atoms with Crippen LogP contribution in [0.25, 0.3) is 11.4 Å². The third kappa shape index (κ3) is 4.17. The van der Waals surface area contributed by atoms with E-state index in [-0.39, 0.29) is 5.75 Å². The Balaban J connectivity index is 1.97. The first-order chi connectivity index (χ1) is 13.1. The molecule has 1 heterocycles. The summed E-state index contributed by atoms with van der Waals surface area (Å²) in [6, 6.07) is 12.7. The van der Waals surface area contributed by atoms with E-state index in [2.05, 4.69) is 15.3 Å². The first-order valence-corrected chi connectivity index (χ1v) is 8.94. The monoisotopic (exact) mass is 384 g/mol. The van der Waals surface area contributed by atoms with E-state index in [1.165, 1.54) is 10.9 Å². The summed E-state index contributed by atoms with van der Waals surface area (Å²) in [7, 11) is 0. The van der Waals surface area contributed by atoms with Gasteiger partial charge in [-0.15, -0.1) is 0 Å². The van der Waals surface area contributed by atoms with Crippen LogP contribution in [0.2, 0.25) is 0 Å². The normalized spacial score (nSPS) is 11.0. The molecule has 2 N–H and O–H groups in total. The van der Waals surface area contributed by atoms with Gasteiger partial charge in [-0.05, 0) is 50.3 Å². The summed E-state index contributed by atoms with van der Waals surface area (Å²) in [5.74, 6) is 1.71. The zero-order chi connectivity index (χ0) is 19.2. The first kappa shape index (κ1) is 18.7. The van der Waals surface area contributed by atoms with Gasteiger partial charge in [-0.2, -0.15) is 14.9 Å². The number of nitrogens with zero attached hydrogens (tertiary/aromatic N) is 3. The molecule has 0 spiro atoms. The van der Waals surface area contributed by atoms with Crippen molar-refractivity contribution >= 4 is 18.4 Å². The van der Waals surface area contributed by atoms with Gasteiger partial charge in [0.05, 0.1) is 19.4 Å². The van der Waals surface area contributed by atoms with Gasteiger partial charge in [0.2, 0.25) is 4.77 Å². The van der Waals surface area contributed by atoms with Crippen LogP contribution in [0.1, 0.15) is 19.4 Å². The molecule has 140 valence electrons. The van der Waals surface area contributed by atoms with Crippen LogP contribution in [-0.4, -0.2) is 39.4 Å². The summed E-state index contributed by atoms with van der Waals surface area (Å²) in [6.45, 7) is 4.81. The number of aromatic amines is 1. The Labute approximate surface area is 161 Å². The average molecular weight is 384 g/mol. The minimum atomic E-state index is 0.0259. The molecule has 0 bridgehead atoms. The molecule has 3 aromatic rings. The first-order valence-electron chi connectivity index (χ1n) is 8.53. The van der Waals surface area contributed by atoms with Gasteiger partial charge in [-0.25, -0.2) is 5.10 Å². The summed E-state index contributed by atoms with van der Waals surface area (Å²) in [6.07, 6.45) is 1.51. The number of hydrogen-bond donors (Lipinski definition) is 2. The van der Waals surface area contributed by atoms with Gasteiger partial charge < -0.3 is 14.6 Å². The Kier molecular flexibility index (Phi) is 5.87. The number of para-hydroxylation sites is 1. The highest BCUT2D eigenvalue weighted by molar-refractivity contribution is 7.71. The maximum atomic E-state index is 10.3. The second-order valence-electron chi connectivity index (χ2n) is 5.50. The topological polar surface area (TPSA) is 84.7 Å². The van der Waals surface area contributed by atoms with E-state index in [0.717, 1.165) is 11.3 Å². The number of rotatable bonds is 7. The van der Waals surface area contributed by atoms with Crippen molar-refractivity contribution in [2.24, 2.45) is 5.10 Å². The van der Waals surface area contributed by atoms with E-state index in [9.17, 15) is 5.11 Å². The Hall–Kier alpha value is -3.13. The molecule has 0 aliphatic heterocycles. The van der Waals surface area contributed by atoms with Crippen molar-refractivity contribution in [2.75, 3.05) is 13.2 Å². The molecular formula is C19H20N4O3S. The van der Waals surface area contributed by atoms with E-state index in [1.54, 1.807) is 18.2 Å². The summed E-state index contributed by atoms with van der Waals surface area (Å²) in [5, 5.41) is 21.7. The number of phenolic OH excluding ortho intramolecular Hbond substituents is 1. The van der Waals surface area contributed by atoms with Crippen LogP contribution in [0, 0.1) is 4.77 Å². The zero-order valence-corrected chi connectivity index (χ0v) is 15.9. The minimum Gasteiger partial charge on any atom is -0.504 e. The summed E-state index contributed by atoms with van der Waals surface area (Å²) < 4.78 is 12.8. The van der Waals surface area contributed by atoms with Crippen molar-refractivity contribution in [1.82, 2.24) is 14.9 Å². The fraction of sp³-hybridized carbons (Fsp3) is 0.211. The lowest BCUT2D eigenvalue weighted by molar-refractivity contribution is 0.318. The van der Waals surface area contributed by atoms with Gasteiger partial charge >= 0.3 is 0 Å². The Morgan fingerprint density at radius 3 is 2.74 bits per heavy atom. The van der Waals surface area contributed by atoms with Crippen LogP contribution in [-0.2, 0) is 0 Å². The number of phenols is 1. The van der Waals surface area contributed by atoms with E-state index >= 15 is 0 Å². The molecule has 0 saturated heterocycles. The van der Waals surface area contributed by atoms with Crippen molar-refractivity contribution in [1.29, 1.82) is 0 Å². The minimum absolute atomic E-state index is 0.0259. The number of aromatic hydroxyl groups is 1. The lowest BCUT2D eigenvalue weighted by Gasteiger charge is -2.07. The molecule has 27 heavy (non-hydrogen) atoms. The molecule has 7 nitrogen and oxygen atoms in total. The van der Waals surface area contributed by atoms with Gasteiger partial charge in [0.25, 0.3) is 0 Å². The lowest BCUT2D eigenvalue weighted by Crippen LogP contribution is -1.97. The van der Waals surface area contributed by atoms with Crippen molar-refractivity contribution in [3.8, 4) is 28.6 Å². The number of ether oxygens (including phenoxy) is 2. The second-order valence-corrected chi connectivity index (χ2v) is 5.88. The van der Waals surface area contributed by atoms with Crippen LogP contribution < -0.4 is 9.47 Å². The maximum absolute atomic E-state index is 10.3. The van der Waals surface area contributed by atoms with Crippen molar-refractivity contribution in [3.63, 3.8) is 0 Å². The van der Waals surface area contributed by atoms with E-state index < -0.39 is 0 Å². The third-order valence-corrected chi connectivity index (χ3v) is 3.96. The van der Waals surface area contributed by atoms with E-state index in [1.807, 2.05) is 38.1 Å². The average Bonchev–Trinajstić information content (AvgIpc) is 3.04. The van der Waals surface area contributed by atoms with Gasteiger partial charge in [0.1, 0.15) is 5.75 Å². The van der Waals surface area contributed by atoms with Crippen LogP contribution in [0.15, 0.2) is 47.6 Å². The van der Waals surface area contributed by atoms with Crippen molar-refractivity contribution in [2.45, 2.75) is 13.8 Å². The second kappa shape index (κ2) is 8.50. The molecule has 8 heteroatoms. The number of aromatic nitrogens is 3. The molecule has 0 amide bonds. The van der Waals surface area contributed by atoms with Crippen LogP contribution in [0.5, 0.6) is 17.2 Å². The summed E-state index contributed by atoms with van der Waals surface area (Å²) >= 11 is 5.29. The number of H-pyrrole nitrogens is 1. The number of benzene rings is 2. The van der Waals surface area contributed by atoms with Gasteiger partial charge in [0.15, 0.2) is 17.3 Å². The van der Waals surface area contributed by atoms with Crippen LogP contribution in [0.3, 0.4) is 0 Å². The van der Waals surface area contributed by atoms with Crippen LogP contribution in [0.4, 0.5) is 0 Å². The Morgan fingerprint density at radius 1 is 1.19 bits per heavy atom. The predicted molar refractivity (Wildman–Crippen MR) is 106 cm³/mol. The van der Waals surface area contributed by atoms with E-state index in [4.69, 9.17) is 21.7 Å². The molecule has 1 aromatic heterocycles. The highest BCUT2D eigenvalue weighted by Gasteiger charge is 2.10. The molecule has 0 saturated carbocycles. The molecule has 0 unspecified atom stereocenters. The Bertz CT molecular complexity index is 1010. The standard InChI is InChI=1S/C19H20N4O3S/c1-3-25-15-9-5-7-13(11-15)18-21-22-19(27)23(18)20-12-14-8-6-10-16(17(14)24)26-4-2/h5-12,24H,3-4H2,1-2H3,(H,22,27)/b20-12+. The summed E-state index contributed by atoms with van der Waals surface area (Å²) in [4.78, 5) is 0. The Morgan fingerprint density at radius 2 is 1.96 bits per heavy atom. The highest BCUT2D eigenvalue weighted by Crippen LogP contribution is 2.29. The number of nitrogens with one attached hydrogen (secondary N) is 1. The summed E-state index contributed by atoms with van der Waals surface area (Å²) in [5.41, 5.74) is 1.32. The predicted octanol–water partition coefficient (Wildman–Crippen LogP) is 3.99. The molecule has 0 atom stereocenters.